The maximum Gasteiger partial charge on any atom is 0.254 e. The first-order valence-corrected chi connectivity index (χ1v) is 9.29. The van der Waals surface area contributed by atoms with Gasteiger partial charge in [-0.1, -0.05) is 61.8 Å². The van der Waals surface area contributed by atoms with Crippen LogP contribution in [0.1, 0.15) is 13.3 Å². The fraction of sp³-hybridized carbons (Fsp3) is 0.348. The number of carbonyl (C=O) groups is 1. The van der Waals surface area contributed by atoms with Gasteiger partial charge in [-0.3, -0.25) is 9.69 Å². The number of aliphatic hydroxyl groups excluding tert-OH is 1. The van der Waals surface area contributed by atoms with Gasteiger partial charge in [0, 0.05) is 38.3 Å². The summed E-state index contributed by atoms with van der Waals surface area (Å²) < 4.78 is 0. The molecule has 2 aliphatic rings. The Bertz CT molecular complexity index is 725. The number of hydrogen-bond donors (Lipinski definition) is 1. The van der Waals surface area contributed by atoms with Crippen LogP contribution in [0.15, 0.2) is 84.6 Å². The van der Waals surface area contributed by atoms with Crippen LogP contribution < -0.4 is 0 Å². The fourth-order valence-corrected chi connectivity index (χ4v) is 3.27. The Morgan fingerprint density at radius 2 is 1.89 bits per heavy atom. The van der Waals surface area contributed by atoms with E-state index in [2.05, 4.69) is 24.6 Å². The summed E-state index contributed by atoms with van der Waals surface area (Å²) in [6.07, 6.45) is 13.3. The molecule has 144 valence electrons. The van der Waals surface area contributed by atoms with E-state index in [1.54, 1.807) is 23.1 Å². The third-order valence-corrected chi connectivity index (χ3v) is 4.66. The van der Waals surface area contributed by atoms with Crippen molar-refractivity contribution in [3.63, 3.8) is 0 Å². The summed E-state index contributed by atoms with van der Waals surface area (Å²) in [4.78, 5) is 16.4. The summed E-state index contributed by atoms with van der Waals surface area (Å²) in [5, 5.41) is 10.6. The molecule has 1 amide bonds. The second-order valence-corrected chi connectivity index (χ2v) is 7.15. The number of allylic oxidation sites excluding steroid dienone is 5. The minimum absolute atomic E-state index is 0.0311. The van der Waals surface area contributed by atoms with Gasteiger partial charge in [0.2, 0.25) is 0 Å². The molecule has 27 heavy (non-hydrogen) atoms. The summed E-state index contributed by atoms with van der Waals surface area (Å²) in [5.41, 5.74) is 3.76. The molecule has 1 atom stereocenters. The Kier molecular flexibility index (Phi) is 7.77. The fourth-order valence-electron chi connectivity index (χ4n) is 3.27. The van der Waals surface area contributed by atoms with E-state index in [9.17, 15) is 9.90 Å². The summed E-state index contributed by atoms with van der Waals surface area (Å²) in [5.74, 6) is -0.0311. The molecule has 0 aromatic carbocycles. The van der Waals surface area contributed by atoms with Crippen molar-refractivity contribution >= 4 is 5.91 Å². The maximum absolute atomic E-state index is 12.5. The van der Waals surface area contributed by atoms with Crippen LogP contribution in [0.3, 0.4) is 0 Å². The highest BCUT2D eigenvalue weighted by Gasteiger charge is 2.28. The number of amides is 1. The first kappa shape index (κ1) is 20.9. The Balaban J connectivity index is 1.94. The minimum Gasteiger partial charge on any atom is -0.390 e. The monoisotopic (exact) mass is 366 g/mol. The molecule has 0 unspecified atom stereocenters. The van der Waals surface area contributed by atoms with Crippen LogP contribution in [0, 0.1) is 0 Å². The largest absolute Gasteiger partial charge is 0.390 e. The molecular weight excluding hydrogens is 336 g/mol. The van der Waals surface area contributed by atoms with Crippen molar-refractivity contribution in [2.45, 2.75) is 19.4 Å². The van der Waals surface area contributed by atoms with Crippen molar-refractivity contribution < 1.29 is 9.90 Å². The van der Waals surface area contributed by atoms with Crippen LogP contribution in [0.2, 0.25) is 0 Å². The van der Waals surface area contributed by atoms with Crippen LogP contribution in [0.5, 0.6) is 0 Å². The molecule has 1 N–H and O–H groups in total. The lowest BCUT2D eigenvalue weighted by molar-refractivity contribution is -0.126. The highest BCUT2D eigenvalue weighted by Crippen LogP contribution is 2.20. The van der Waals surface area contributed by atoms with E-state index in [0.29, 0.717) is 31.8 Å². The topological polar surface area (TPSA) is 43.8 Å². The Hall–Kier alpha value is -2.43. The number of nitrogens with zero attached hydrogens (tertiary/aromatic N) is 2. The van der Waals surface area contributed by atoms with Gasteiger partial charge in [-0.05, 0) is 30.6 Å². The average Bonchev–Trinajstić information content (AvgIpc) is 2.87. The van der Waals surface area contributed by atoms with Gasteiger partial charge >= 0.3 is 0 Å². The predicted molar refractivity (Wildman–Crippen MR) is 112 cm³/mol. The summed E-state index contributed by atoms with van der Waals surface area (Å²) in [6, 6.07) is 0. The molecule has 4 heteroatoms. The lowest BCUT2D eigenvalue weighted by Gasteiger charge is -2.28. The van der Waals surface area contributed by atoms with Gasteiger partial charge in [0.15, 0.2) is 0 Å². The highest BCUT2D eigenvalue weighted by molar-refractivity contribution is 5.99. The van der Waals surface area contributed by atoms with Crippen molar-refractivity contribution in [3.05, 3.63) is 84.6 Å². The molecule has 0 fully saturated rings. The standard InChI is InChI=1S/C23H30N2O2/c1-5-6-11-22-20(4)15-25(23(22)27)17-21(26)16-24-13-12-18(2)9-7-8-10-19(3)14-24/h5-11,21,26H,1-3,12-17H2,4H3/b9-7-,10-8-,11-6-/t21-/m1/s1. The molecule has 2 aliphatic heterocycles. The van der Waals surface area contributed by atoms with Crippen LogP contribution in [0.4, 0.5) is 0 Å². The first-order valence-electron chi connectivity index (χ1n) is 9.29. The summed E-state index contributed by atoms with van der Waals surface area (Å²) >= 11 is 0. The minimum atomic E-state index is -0.618. The average molecular weight is 367 g/mol. The molecule has 0 aliphatic carbocycles. The molecule has 0 aromatic rings. The lowest BCUT2D eigenvalue weighted by Crippen LogP contribution is -2.42. The Morgan fingerprint density at radius 3 is 2.59 bits per heavy atom. The van der Waals surface area contributed by atoms with E-state index < -0.39 is 6.10 Å². The molecule has 0 bridgehead atoms. The van der Waals surface area contributed by atoms with Crippen molar-refractivity contribution in [2.75, 3.05) is 32.7 Å². The van der Waals surface area contributed by atoms with Crippen LogP contribution in [-0.4, -0.2) is 59.6 Å². The van der Waals surface area contributed by atoms with E-state index in [1.165, 1.54) is 0 Å². The molecule has 0 radical (unpaired) electrons. The molecule has 0 saturated carbocycles. The zero-order chi connectivity index (χ0) is 19.8. The van der Waals surface area contributed by atoms with E-state index >= 15 is 0 Å². The van der Waals surface area contributed by atoms with Crippen LogP contribution >= 0.6 is 0 Å². The van der Waals surface area contributed by atoms with Gasteiger partial charge in [-0.2, -0.15) is 0 Å². The van der Waals surface area contributed by atoms with Crippen molar-refractivity contribution in [1.29, 1.82) is 0 Å². The Labute approximate surface area is 162 Å². The number of aliphatic hydroxyl groups is 1. The second kappa shape index (κ2) is 10.0. The summed E-state index contributed by atoms with van der Waals surface area (Å²) in [7, 11) is 0. The quantitative estimate of drug-likeness (QED) is 0.734. The third kappa shape index (κ3) is 6.35. The molecule has 2 rings (SSSR count). The molecule has 0 aromatic heterocycles. The number of hydrogen-bond acceptors (Lipinski definition) is 3. The van der Waals surface area contributed by atoms with E-state index in [-0.39, 0.29) is 5.91 Å². The van der Waals surface area contributed by atoms with Crippen LogP contribution in [-0.2, 0) is 4.79 Å². The van der Waals surface area contributed by atoms with Gasteiger partial charge in [-0.25, -0.2) is 0 Å². The van der Waals surface area contributed by atoms with E-state index in [1.807, 2.05) is 31.2 Å². The van der Waals surface area contributed by atoms with Crippen molar-refractivity contribution in [2.24, 2.45) is 0 Å². The smallest absolute Gasteiger partial charge is 0.254 e. The Morgan fingerprint density at radius 1 is 1.19 bits per heavy atom. The predicted octanol–water partition coefficient (Wildman–Crippen LogP) is 3.18. The zero-order valence-electron chi connectivity index (χ0n) is 16.2. The van der Waals surface area contributed by atoms with Crippen LogP contribution in [0.25, 0.3) is 0 Å². The molecular formula is C23H30N2O2. The second-order valence-electron chi connectivity index (χ2n) is 7.15. The number of carbonyl (C=O) groups excluding carboxylic acids is 1. The van der Waals surface area contributed by atoms with Crippen molar-refractivity contribution in [3.8, 4) is 0 Å². The van der Waals surface area contributed by atoms with Gasteiger partial charge < -0.3 is 10.0 Å². The SMILES string of the molecule is C=C/C=C\C1=C(C)CN(C[C@H](O)CN2CCC(=C)/C=C\C=C/C(=C)C2)C1=O. The highest BCUT2D eigenvalue weighted by atomic mass is 16.3. The van der Waals surface area contributed by atoms with Gasteiger partial charge in [-0.15, -0.1) is 0 Å². The molecule has 0 saturated heterocycles. The number of β-amino-alcohol motifs (C(OH)–C–C–N with tert-alkyl or cyclic N) is 1. The summed E-state index contributed by atoms with van der Waals surface area (Å²) in [6.45, 7) is 16.6. The van der Waals surface area contributed by atoms with E-state index in [0.717, 1.165) is 29.7 Å². The normalized spacial score (nSPS) is 23.2. The van der Waals surface area contributed by atoms with E-state index in [4.69, 9.17) is 0 Å². The molecule has 0 spiro atoms. The molecule has 4 nitrogen and oxygen atoms in total. The maximum atomic E-state index is 12.5. The lowest BCUT2D eigenvalue weighted by atomic mass is 10.1. The third-order valence-electron chi connectivity index (χ3n) is 4.66. The first-order chi connectivity index (χ1) is 12.9. The van der Waals surface area contributed by atoms with Crippen molar-refractivity contribution in [1.82, 2.24) is 9.80 Å². The van der Waals surface area contributed by atoms with Gasteiger partial charge in [0.25, 0.3) is 5.91 Å². The zero-order valence-corrected chi connectivity index (χ0v) is 16.2. The van der Waals surface area contributed by atoms with Gasteiger partial charge in [0.05, 0.1) is 6.10 Å². The molecule has 2 heterocycles. The van der Waals surface area contributed by atoms with Gasteiger partial charge in [0.1, 0.15) is 0 Å². The number of rotatable bonds is 6.